The molecular weight excluding hydrogens is 426 g/mol. The summed E-state index contributed by atoms with van der Waals surface area (Å²) in [5, 5.41) is 36.8. The Morgan fingerprint density at radius 2 is 1.91 bits per heavy atom. The number of aromatic nitrogens is 2. The lowest BCUT2D eigenvalue weighted by molar-refractivity contribution is -0.187. The maximum atomic E-state index is 12.2. The van der Waals surface area contributed by atoms with Gasteiger partial charge in [0.15, 0.2) is 0 Å². The Morgan fingerprint density at radius 1 is 1.15 bits per heavy atom. The van der Waals surface area contributed by atoms with Gasteiger partial charge < -0.3 is 14.9 Å². The molecule has 0 amide bonds. The molecule has 4 aliphatic carbocycles. The summed E-state index contributed by atoms with van der Waals surface area (Å²) in [7, 11) is 1.70. The fourth-order valence-corrected chi connectivity index (χ4v) is 9.54. The SMILES string of the molecule is COC[C@@]1(O)CC[C@@]2(C)[C@H](CC[C@@H]3[C@@H]2CC[C@@]2(C)[C@H]3CC[C@]2(O)[C@@H](C)Cn2cc(C#N)cn2)C1. The van der Waals surface area contributed by atoms with E-state index in [2.05, 4.69) is 31.9 Å². The van der Waals surface area contributed by atoms with Crippen LogP contribution in [0.4, 0.5) is 0 Å². The third-order valence-electron chi connectivity index (χ3n) is 11.5. The zero-order chi connectivity index (χ0) is 24.4. The molecule has 4 fully saturated rings. The Morgan fingerprint density at radius 3 is 2.62 bits per heavy atom. The van der Waals surface area contributed by atoms with Crippen LogP contribution in [0.5, 0.6) is 0 Å². The van der Waals surface area contributed by atoms with Gasteiger partial charge in [0.2, 0.25) is 0 Å². The van der Waals surface area contributed by atoms with Crippen LogP contribution in [0.2, 0.25) is 0 Å². The largest absolute Gasteiger partial charge is 0.389 e. The van der Waals surface area contributed by atoms with E-state index in [1.807, 2.05) is 4.68 Å². The number of rotatable bonds is 5. The average molecular weight is 470 g/mol. The molecule has 1 aromatic heterocycles. The molecule has 4 saturated carbocycles. The van der Waals surface area contributed by atoms with Crippen LogP contribution in [0, 0.1) is 51.8 Å². The van der Waals surface area contributed by atoms with E-state index >= 15 is 0 Å². The molecule has 5 rings (SSSR count). The Hall–Kier alpha value is -1.42. The molecule has 1 aromatic rings. The van der Waals surface area contributed by atoms with Crippen molar-refractivity contribution in [2.75, 3.05) is 13.7 Å². The van der Waals surface area contributed by atoms with Gasteiger partial charge in [-0.25, -0.2) is 0 Å². The molecule has 6 nitrogen and oxygen atoms in total. The Labute approximate surface area is 204 Å². The van der Waals surface area contributed by atoms with Gasteiger partial charge in [-0.05, 0) is 92.3 Å². The van der Waals surface area contributed by atoms with Gasteiger partial charge >= 0.3 is 0 Å². The maximum Gasteiger partial charge on any atom is 0.102 e. The van der Waals surface area contributed by atoms with Crippen molar-refractivity contribution in [1.82, 2.24) is 9.78 Å². The Balaban J connectivity index is 1.35. The number of methoxy groups -OCH3 is 1. The van der Waals surface area contributed by atoms with Crippen molar-refractivity contribution in [3.05, 3.63) is 18.0 Å². The third kappa shape index (κ3) is 3.49. The smallest absolute Gasteiger partial charge is 0.102 e. The van der Waals surface area contributed by atoms with Crippen molar-refractivity contribution in [1.29, 1.82) is 5.26 Å². The second-order valence-corrected chi connectivity index (χ2v) is 12.9. The molecule has 0 aromatic carbocycles. The van der Waals surface area contributed by atoms with Crippen LogP contribution in [-0.4, -0.2) is 44.9 Å². The quantitative estimate of drug-likeness (QED) is 0.660. The van der Waals surface area contributed by atoms with Gasteiger partial charge in [0.05, 0.1) is 29.6 Å². The molecule has 0 bridgehead atoms. The topological polar surface area (TPSA) is 91.3 Å². The standard InChI is InChI=1S/C28H43N3O3/c1-19(16-31-17-20(14-29)15-30-31)28(33)10-8-24-22-6-5-21-13-27(32,18-34-4)12-11-25(21,2)23(22)7-9-26(24,28)3/h15,17,19,21-24,32-33H,5-13,16,18H2,1-4H3/t19-,21+,22+,23-,24-,25-,26-,27+,28-/m0/s1. The number of hydrogen-bond donors (Lipinski definition) is 2. The minimum Gasteiger partial charge on any atom is -0.389 e. The van der Waals surface area contributed by atoms with Crippen LogP contribution >= 0.6 is 0 Å². The van der Waals surface area contributed by atoms with Crippen LogP contribution in [0.3, 0.4) is 0 Å². The molecule has 188 valence electrons. The number of aliphatic hydroxyl groups is 2. The molecule has 1 heterocycles. The lowest BCUT2D eigenvalue weighted by Crippen LogP contribution is -2.59. The highest BCUT2D eigenvalue weighted by molar-refractivity contribution is 5.22. The summed E-state index contributed by atoms with van der Waals surface area (Å²) >= 11 is 0. The van der Waals surface area contributed by atoms with Crippen molar-refractivity contribution in [3.63, 3.8) is 0 Å². The van der Waals surface area contributed by atoms with Gasteiger partial charge in [0.1, 0.15) is 6.07 Å². The second kappa shape index (κ2) is 8.32. The fourth-order valence-electron chi connectivity index (χ4n) is 9.54. The Bertz CT molecular complexity index is 957. The summed E-state index contributed by atoms with van der Waals surface area (Å²) in [6.07, 6.45) is 12.8. The van der Waals surface area contributed by atoms with Gasteiger partial charge in [-0.1, -0.05) is 20.8 Å². The molecule has 0 spiro atoms. The first kappa shape index (κ1) is 24.3. The van der Waals surface area contributed by atoms with Crippen LogP contribution in [-0.2, 0) is 11.3 Å². The van der Waals surface area contributed by atoms with Crippen molar-refractivity contribution in [2.24, 2.45) is 40.4 Å². The second-order valence-electron chi connectivity index (χ2n) is 12.9. The van der Waals surface area contributed by atoms with E-state index in [1.54, 1.807) is 19.5 Å². The number of nitriles is 1. The summed E-state index contributed by atoms with van der Waals surface area (Å²) in [4.78, 5) is 0. The zero-order valence-corrected chi connectivity index (χ0v) is 21.5. The number of fused-ring (bicyclic) bond motifs is 5. The van der Waals surface area contributed by atoms with Gasteiger partial charge in [0.25, 0.3) is 0 Å². The average Bonchev–Trinajstić information content (AvgIpc) is 3.37. The Kier molecular flexibility index (Phi) is 5.94. The van der Waals surface area contributed by atoms with Crippen molar-refractivity contribution < 1.29 is 14.9 Å². The number of hydrogen-bond acceptors (Lipinski definition) is 5. The maximum absolute atomic E-state index is 12.2. The van der Waals surface area contributed by atoms with Crippen molar-refractivity contribution in [2.45, 2.75) is 96.3 Å². The first-order chi connectivity index (χ1) is 16.1. The summed E-state index contributed by atoms with van der Waals surface area (Å²) in [6.45, 7) is 8.15. The summed E-state index contributed by atoms with van der Waals surface area (Å²) in [6, 6.07) is 2.15. The van der Waals surface area contributed by atoms with E-state index in [9.17, 15) is 10.2 Å². The van der Waals surface area contributed by atoms with Crippen LogP contribution in [0.15, 0.2) is 12.4 Å². The van der Waals surface area contributed by atoms with Crippen LogP contribution in [0.25, 0.3) is 0 Å². The first-order valence-corrected chi connectivity index (χ1v) is 13.4. The molecule has 9 atom stereocenters. The minimum atomic E-state index is -0.704. The monoisotopic (exact) mass is 469 g/mol. The number of ether oxygens (including phenoxy) is 1. The van der Waals surface area contributed by atoms with E-state index in [1.165, 1.54) is 19.3 Å². The summed E-state index contributed by atoms with van der Waals surface area (Å²) < 4.78 is 7.20. The van der Waals surface area contributed by atoms with Gasteiger partial charge in [-0.3, -0.25) is 4.68 Å². The highest BCUT2D eigenvalue weighted by atomic mass is 16.5. The van der Waals surface area contributed by atoms with E-state index in [0.717, 1.165) is 38.5 Å². The van der Waals surface area contributed by atoms with E-state index in [0.29, 0.717) is 47.8 Å². The molecule has 34 heavy (non-hydrogen) atoms. The van der Waals surface area contributed by atoms with Gasteiger partial charge in [-0.2, -0.15) is 10.4 Å². The van der Waals surface area contributed by atoms with Crippen LogP contribution in [0.1, 0.15) is 84.1 Å². The molecular formula is C28H43N3O3. The first-order valence-electron chi connectivity index (χ1n) is 13.4. The lowest BCUT2D eigenvalue weighted by Gasteiger charge is -2.63. The van der Waals surface area contributed by atoms with E-state index in [-0.39, 0.29) is 11.3 Å². The van der Waals surface area contributed by atoms with Gasteiger partial charge in [0, 0.05) is 25.8 Å². The molecule has 0 unspecified atom stereocenters. The van der Waals surface area contributed by atoms with E-state index in [4.69, 9.17) is 10.00 Å². The normalized spacial score (nSPS) is 46.7. The summed E-state index contributed by atoms with van der Waals surface area (Å²) in [5.41, 5.74) is -0.572. The molecule has 0 aliphatic heterocycles. The predicted molar refractivity (Wildman–Crippen MR) is 130 cm³/mol. The lowest BCUT2D eigenvalue weighted by atomic mass is 9.43. The highest BCUT2D eigenvalue weighted by Gasteiger charge is 2.66. The summed E-state index contributed by atoms with van der Waals surface area (Å²) in [5.74, 6) is 2.57. The minimum absolute atomic E-state index is 0.0759. The zero-order valence-electron chi connectivity index (χ0n) is 21.5. The molecule has 2 N–H and O–H groups in total. The number of nitrogens with zero attached hydrogens (tertiary/aromatic N) is 3. The van der Waals surface area contributed by atoms with E-state index < -0.39 is 11.2 Å². The highest BCUT2D eigenvalue weighted by Crippen LogP contribution is 2.69. The third-order valence-corrected chi connectivity index (χ3v) is 11.5. The molecule has 6 heteroatoms. The molecule has 0 saturated heterocycles. The molecule has 4 aliphatic rings. The van der Waals surface area contributed by atoms with Crippen molar-refractivity contribution >= 4 is 0 Å². The molecule has 0 radical (unpaired) electrons. The van der Waals surface area contributed by atoms with Crippen LogP contribution < -0.4 is 0 Å². The van der Waals surface area contributed by atoms with Crippen molar-refractivity contribution in [3.8, 4) is 6.07 Å². The fraction of sp³-hybridized carbons (Fsp3) is 0.857. The predicted octanol–water partition coefficient (Wildman–Crippen LogP) is 4.54. The van der Waals surface area contributed by atoms with Gasteiger partial charge in [-0.15, -0.1) is 0 Å².